The first-order valence-electron chi connectivity index (χ1n) is 12.2. The number of alkyl halides is 2. The Kier molecular flexibility index (Phi) is 5.40. The van der Waals surface area contributed by atoms with Gasteiger partial charge in [-0.3, -0.25) is 14.7 Å². The third-order valence-corrected chi connectivity index (χ3v) is 7.33. The van der Waals surface area contributed by atoms with E-state index in [4.69, 9.17) is 4.98 Å². The summed E-state index contributed by atoms with van der Waals surface area (Å²) >= 11 is 0. The van der Waals surface area contributed by atoms with Crippen molar-refractivity contribution >= 4 is 11.6 Å². The fourth-order valence-electron chi connectivity index (χ4n) is 5.11. The number of carbonyl (C=O) groups is 1. The summed E-state index contributed by atoms with van der Waals surface area (Å²) in [7, 11) is 1.92. The lowest BCUT2D eigenvalue weighted by atomic mass is 10.0. The molecule has 2 aliphatic heterocycles. The number of aromatic nitrogens is 4. The molecule has 0 unspecified atom stereocenters. The first kappa shape index (κ1) is 22.3. The Hall–Kier alpha value is -3.20. The highest BCUT2D eigenvalue weighted by atomic mass is 19.3. The Labute approximate surface area is 202 Å². The highest BCUT2D eigenvalue weighted by molar-refractivity contribution is 6.10. The van der Waals surface area contributed by atoms with Crippen molar-refractivity contribution in [3.8, 4) is 0 Å². The summed E-state index contributed by atoms with van der Waals surface area (Å²) in [6, 6.07) is 9.89. The standard InChI is InChI=1S/C26H28F2N6O/c1-32-16-29-31-23(32)12-17-3-2-4-20(11-17)34-15-22-21(25(34)35)13-19(30-24(22)18-5-6-18)14-33-9-7-26(27,28)8-10-33/h2-4,11,13,16,18H,5-10,12,14-15H2,1H3. The number of hydrogen-bond donors (Lipinski definition) is 0. The average Bonchev–Trinajstić information content (AvgIpc) is 3.53. The number of nitrogens with zero attached hydrogens (tertiary/aromatic N) is 6. The minimum absolute atomic E-state index is 0.0217. The van der Waals surface area contributed by atoms with Crippen molar-refractivity contribution < 1.29 is 13.6 Å². The van der Waals surface area contributed by atoms with Gasteiger partial charge in [0.1, 0.15) is 12.2 Å². The summed E-state index contributed by atoms with van der Waals surface area (Å²) in [5.41, 5.74) is 5.47. The summed E-state index contributed by atoms with van der Waals surface area (Å²) < 4.78 is 29.1. The zero-order valence-corrected chi connectivity index (χ0v) is 19.8. The van der Waals surface area contributed by atoms with Gasteiger partial charge in [0.25, 0.3) is 11.8 Å². The van der Waals surface area contributed by atoms with Crippen molar-refractivity contribution in [2.45, 2.75) is 57.0 Å². The molecule has 0 radical (unpaired) electrons. The second-order valence-corrected chi connectivity index (χ2v) is 10.0. The highest BCUT2D eigenvalue weighted by Crippen LogP contribution is 2.44. The molecule has 0 spiro atoms. The number of carbonyl (C=O) groups excluding carboxylic acids is 1. The number of benzene rings is 1. The molecule has 1 amide bonds. The monoisotopic (exact) mass is 478 g/mol. The van der Waals surface area contributed by atoms with E-state index in [0.29, 0.717) is 44.1 Å². The number of rotatable bonds is 6. The van der Waals surface area contributed by atoms with E-state index in [1.54, 1.807) is 6.33 Å². The largest absolute Gasteiger partial charge is 0.320 e. The Morgan fingerprint density at radius 3 is 2.66 bits per heavy atom. The van der Waals surface area contributed by atoms with E-state index >= 15 is 0 Å². The molecule has 35 heavy (non-hydrogen) atoms. The third kappa shape index (κ3) is 4.45. The summed E-state index contributed by atoms with van der Waals surface area (Å²) in [4.78, 5) is 22.4. The summed E-state index contributed by atoms with van der Waals surface area (Å²) in [5.74, 6) is -1.34. The van der Waals surface area contributed by atoms with Crippen molar-refractivity contribution in [2.24, 2.45) is 7.05 Å². The predicted molar refractivity (Wildman–Crippen MR) is 126 cm³/mol. The normalized spacial score (nSPS) is 19.9. The molecule has 3 aromatic rings. The molecule has 1 aromatic carbocycles. The van der Waals surface area contributed by atoms with Crippen LogP contribution >= 0.6 is 0 Å². The first-order chi connectivity index (χ1) is 16.9. The second kappa shape index (κ2) is 8.48. The van der Waals surface area contributed by atoms with E-state index in [-0.39, 0.29) is 18.7 Å². The van der Waals surface area contributed by atoms with Crippen LogP contribution in [0.5, 0.6) is 0 Å². The van der Waals surface area contributed by atoms with Gasteiger partial charge in [-0.1, -0.05) is 12.1 Å². The van der Waals surface area contributed by atoms with Gasteiger partial charge in [-0.05, 0) is 36.6 Å². The Balaban J connectivity index is 1.25. The fourth-order valence-corrected chi connectivity index (χ4v) is 5.11. The van der Waals surface area contributed by atoms with Gasteiger partial charge in [0.15, 0.2) is 0 Å². The zero-order valence-electron chi connectivity index (χ0n) is 19.8. The van der Waals surface area contributed by atoms with Crippen LogP contribution in [0.1, 0.15) is 70.3 Å². The number of pyridine rings is 1. The van der Waals surface area contributed by atoms with Gasteiger partial charge in [0.05, 0.1) is 12.2 Å². The maximum absolute atomic E-state index is 13.6. The van der Waals surface area contributed by atoms with Gasteiger partial charge in [-0.2, -0.15) is 0 Å². The van der Waals surface area contributed by atoms with Crippen molar-refractivity contribution in [1.82, 2.24) is 24.6 Å². The summed E-state index contributed by atoms with van der Waals surface area (Å²) in [6.45, 7) is 1.71. The van der Waals surface area contributed by atoms with Gasteiger partial charge in [0.2, 0.25) is 0 Å². The average molecular weight is 479 g/mol. The molecule has 6 rings (SSSR count). The van der Waals surface area contributed by atoms with E-state index in [9.17, 15) is 13.6 Å². The lowest BCUT2D eigenvalue weighted by Crippen LogP contribution is -2.39. The number of halogens is 2. The molecule has 7 nitrogen and oxygen atoms in total. The zero-order chi connectivity index (χ0) is 24.2. The molecule has 0 atom stereocenters. The van der Waals surface area contributed by atoms with E-state index in [1.807, 2.05) is 51.7 Å². The summed E-state index contributed by atoms with van der Waals surface area (Å²) in [5, 5.41) is 8.11. The Bertz CT molecular complexity index is 1270. The number of likely N-dealkylation sites (tertiary alicyclic amines) is 1. The van der Waals surface area contributed by atoms with Crippen molar-refractivity contribution in [1.29, 1.82) is 0 Å². The SMILES string of the molecule is Cn1cnnc1Cc1cccc(N2Cc3c(cc(CN4CCC(F)(F)CC4)nc3C3CC3)C2=O)c1. The predicted octanol–water partition coefficient (Wildman–Crippen LogP) is 4.07. The number of anilines is 1. The van der Waals surface area contributed by atoms with Crippen molar-refractivity contribution in [3.05, 3.63) is 70.6 Å². The van der Waals surface area contributed by atoms with Crippen LogP contribution in [0.2, 0.25) is 0 Å². The number of aryl methyl sites for hydroxylation is 1. The van der Waals surface area contributed by atoms with Crippen LogP contribution in [0.25, 0.3) is 0 Å². The topological polar surface area (TPSA) is 67.2 Å². The van der Waals surface area contributed by atoms with E-state index in [2.05, 4.69) is 10.2 Å². The second-order valence-electron chi connectivity index (χ2n) is 10.0. The molecule has 1 saturated heterocycles. The van der Waals surface area contributed by atoms with Crippen LogP contribution in [0.3, 0.4) is 0 Å². The van der Waals surface area contributed by atoms with Gasteiger partial charge < -0.3 is 9.47 Å². The van der Waals surface area contributed by atoms with Crippen LogP contribution in [0.15, 0.2) is 36.7 Å². The van der Waals surface area contributed by atoms with E-state index in [1.165, 1.54) is 0 Å². The number of hydrogen-bond acceptors (Lipinski definition) is 5. The van der Waals surface area contributed by atoms with Gasteiger partial charge in [0, 0.05) is 74.4 Å². The Morgan fingerprint density at radius 2 is 1.94 bits per heavy atom. The molecule has 1 aliphatic carbocycles. The number of fused-ring (bicyclic) bond motifs is 1. The molecule has 0 bridgehead atoms. The van der Waals surface area contributed by atoms with Crippen LogP contribution in [0, 0.1) is 0 Å². The molecule has 2 aromatic heterocycles. The molecule has 4 heterocycles. The van der Waals surface area contributed by atoms with Crippen LogP contribution in [0.4, 0.5) is 14.5 Å². The van der Waals surface area contributed by atoms with Gasteiger partial charge >= 0.3 is 0 Å². The third-order valence-electron chi connectivity index (χ3n) is 7.33. The minimum Gasteiger partial charge on any atom is -0.320 e. The summed E-state index contributed by atoms with van der Waals surface area (Å²) in [6.07, 6.45) is 4.24. The molecule has 3 aliphatic rings. The lowest BCUT2D eigenvalue weighted by molar-refractivity contribution is -0.0568. The quantitative estimate of drug-likeness (QED) is 0.534. The highest BCUT2D eigenvalue weighted by Gasteiger charge is 2.38. The van der Waals surface area contributed by atoms with Crippen LogP contribution in [-0.2, 0) is 26.6 Å². The Morgan fingerprint density at radius 1 is 1.14 bits per heavy atom. The number of piperidine rings is 1. The van der Waals surface area contributed by atoms with Crippen molar-refractivity contribution in [2.75, 3.05) is 18.0 Å². The fraction of sp³-hybridized carbons (Fsp3) is 0.462. The molecule has 2 fully saturated rings. The van der Waals surface area contributed by atoms with Crippen molar-refractivity contribution in [3.63, 3.8) is 0 Å². The van der Waals surface area contributed by atoms with E-state index in [0.717, 1.165) is 46.9 Å². The minimum atomic E-state index is -2.57. The molecule has 182 valence electrons. The molecule has 0 N–H and O–H groups in total. The van der Waals surface area contributed by atoms with E-state index < -0.39 is 5.92 Å². The lowest BCUT2D eigenvalue weighted by Gasteiger charge is -2.31. The molecular weight excluding hydrogens is 450 g/mol. The first-order valence-corrected chi connectivity index (χ1v) is 12.2. The molecule has 1 saturated carbocycles. The smallest absolute Gasteiger partial charge is 0.259 e. The number of amides is 1. The van der Waals surface area contributed by atoms with Gasteiger partial charge in [-0.15, -0.1) is 10.2 Å². The maximum atomic E-state index is 13.6. The molecular formula is C26H28F2N6O. The molecule has 9 heteroatoms. The van der Waals surface area contributed by atoms with Crippen LogP contribution in [-0.4, -0.2) is 49.6 Å². The van der Waals surface area contributed by atoms with Gasteiger partial charge in [-0.25, -0.2) is 8.78 Å². The maximum Gasteiger partial charge on any atom is 0.259 e. The van der Waals surface area contributed by atoms with Crippen LogP contribution < -0.4 is 4.90 Å².